The maximum atomic E-state index is 5.10. The summed E-state index contributed by atoms with van der Waals surface area (Å²) in [6.07, 6.45) is 5.10. The summed E-state index contributed by atoms with van der Waals surface area (Å²) in [5, 5.41) is 0. The molecule has 0 bridgehead atoms. The van der Waals surface area contributed by atoms with Crippen LogP contribution in [0.1, 0.15) is 5.56 Å². The van der Waals surface area contributed by atoms with Crippen molar-refractivity contribution in [3.8, 4) is 12.3 Å². The fourth-order valence-electron chi connectivity index (χ4n) is 0.534. The molecule has 1 heteroatoms. The van der Waals surface area contributed by atoms with Gasteiger partial charge in [-0.25, -0.2) is 0 Å². The van der Waals surface area contributed by atoms with Crippen molar-refractivity contribution >= 4 is 24.4 Å². The van der Waals surface area contributed by atoms with Crippen molar-refractivity contribution in [1.82, 2.24) is 0 Å². The van der Waals surface area contributed by atoms with Crippen molar-refractivity contribution in [2.45, 2.75) is 0 Å². The fraction of sp³-hybridized carbons (Fsp3) is 0. The molecule has 0 N–H and O–H groups in total. The van der Waals surface area contributed by atoms with Gasteiger partial charge in [-0.15, -0.1) is 6.42 Å². The fourth-order valence-corrected chi connectivity index (χ4v) is 0.534. The molecule has 0 fully saturated rings. The van der Waals surface area contributed by atoms with Crippen LogP contribution in [0.4, 0.5) is 0 Å². The predicted molar refractivity (Wildman–Crippen MR) is 44.3 cm³/mol. The first-order valence-corrected chi connectivity index (χ1v) is 2.45. The minimum absolute atomic E-state index is 0. The molecule has 0 aliphatic heterocycles. The molecule has 0 aliphatic carbocycles. The summed E-state index contributed by atoms with van der Waals surface area (Å²) in [6, 6.07) is 9.60. The SMILES string of the molecule is C#Cc1ccccc1.[SbH3]. The van der Waals surface area contributed by atoms with Crippen LogP contribution in [0.2, 0.25) is 0 Å². The average Bonchev–Trinajstić information content (AvgIpc) is 1.90. The van der Waals surface area contributed by atoms with Crippen LogP contribution in [-0.4, -0.2) is 24.4 Å². The quantitative estimate of drug-likeness (QED) is 0.446. The van der Waals surface area contributed by atoms with Crippen molar-refractivity contribution in [3.63, 3.8) is 0 Å². The van der Waals surface area contributed by atoms with Crippen molar-refractivity contribution in [3.05, 3.63) is 35.9 Å². The third-order valence-corrected chi connectivity index (χ3v) is 0.940. The molecule has 0 amide bonds. The number of benzene rings is 1. The molecule has 46 valence electrons. The van der Waals surface area contributed by atoms with Gasteiger partial charge in [-0.05, 0) is 12.1 Å². The molecule has 9 heavy (non-hydrogen) atoms. The molecular formula is C8H9Sb. The molecule has 0 unspecified atom stereocenters. The molecule has 0 saturated heterocycles. The van der Waals surface area contributed by atoms with E-state index in [4.69, 9.17) is 6.42 Å². The van der Waals surface area contributed by atoms with Crippen LogP contribution in [0.5, 0.6) is 0 Å². The molecule has 0 heterocycles. The third-order valence-electron chi connectivity index (χ3n) is 0.940. The van der Waals surface area contributed by atoms with Gasteiger partial charge in [0, 0.05) is 5.56 Å². The van der Waals surface area contributed by atoms with Gasteiger partial charge < -0.3 is 0 Å². The van der Waals surface area contributed by atoms with Gasteiger partial charge in [0.25, 0.3) is 0 Å². The van der Waals surface area contributed by atoms with Crippen LogP contribution < -0.4 is 0 Å². The molecule has 0 atom stereocenters. The third kappa shape index (κ3) is 2.58. The number of terminal acetylenes is 1. The standard InChI is InChI=1S/C8H6.Sb.3H/c1-2-8-6-4-3-5-7-8;;;;/h1,3-7H;;;;. The van der Waals surface area contributed by atoms with E-state index in [-0.39, 0.29) is 24.4 Å². The Hall–Kier alpha value is -0.402. The molecule has 0 saturated carbocycles. The second-order valence-corrected chi connectivity index (χ2v) is 1.51. The summed E-state index contributed by atoms with van der Waals surface area (Å²) in [5.74, 6) is 2.53. The van der Waals surface area contributed by atoms with E-state index in [1.165, 1.54) is 0 Å². The first-order chi connectivity index (χ1) is 3.93. The molecule has 1 rings (SSSR count). The Labute approximate surface area is 72.7 Å². The van der Waals surface area contributed by atoms with E-state index in [0.29, 0.717) is 0 Å². The van der Waals surface area contributed by atoms with E-state index in [0.717, 1.165) is 5.56 Å². The van der Waals surface area contributed by atoms with Gasteiger partial charge in [0.05, 0.1) is 0 Å². The van der Waals surface area contributed by atoms with Crippen molar-refractivity contribution in [2.75, 3.05) is 0 Å². The van der Waals surface area contributed by atoms with E-state index in [1.807, 2.05) is 30.3 Å². The van der Waals surface area contributed by atoms with Crippen LogP contribution in [0.25, 0.3) is 0 Å². The molecule has 0 nitrogen and oxygen atoms in total. The molecule has 1 aromatic rings. The summed E-state index contributed by atoms with van der Waals surface area (Å²) >= 11 is 0. The van der Waals surface area contributed by atoms with Crippen LogP contribution in [0.3, 0.4) is 0 Å². The van der Waals surface area contributed by atoms with Gasteiger partial charge in [-0.1, -0.05) is 24.1 Å². The first kappa shape index (κ1) is 8.60. The van der Waals surface area contributed by atoms with E-state index < -0.39 is 0 Å². The second-order valence-electron chi connectivity index (χ2n) is 1.51. The van der Waals surface area contributed by atoms with Gasteiger partial charge in [-0.2, -0.15) is 0 Å². The molecule has 0 aromatic heterocycles. The van der Waals surface area contributed by atoms with Crippen LogP contribution in [-0.2, 0) is 0 Å². The molecule has 0 spiro atoms. The zero-order valence-electron chi connectivity index (χ0n) is 5.17. The van der Waals surface area contributed by atoms with Crippen molar-refractivity contribution in [2.24, 2.45) is 0 Å². The Morgan fingerprint density at radius 3 is 2.00 bits per heavy atom. The first-order valence-electron chi connectivity index (χ1n) is 2.45. The van der Waals surface area contributed by atoms with Gasteiger partial charge >= 0.3 is 24.4 Å². The van der Waals surface area contributed by atoms with Gasteiger partial charge in [0.1, 0.15) is 0 Å². The molecular weight excluding hydrogens is 218 g/mol. The number of hydrogen-bond acceptors (Lipinski definition) is 0. The monoisotopic (exact) mass is 226 g/mol. The Bertz CT molecular complexity index is 196. The summed E-state index contributed by atoms with van der Waals surface area (Å²) in [6.45, 7) is 0. The van der Waals surface area contributed by atoms with E-state index in [2.05, 4.69) is 5.92 Å². The van der Waals surface area contributed by atoms with Crippen LogP contribution >= 0.6 is 0 Å². The molecule has 0 radical (unpaired) electrons. The van der Waals surface area contributed by atoms with E-state index in [1.54, 1.807) is 0 Å². The summed E-state index contributed by atoms with van der Waals surface area (Å²) < 4.78 is 0. The maximum absolute atomic E-state index is 5.10. The summed E-state index contributed by atoms with van der Waals surface area (Å²) in [7, 11) is 0. The van der Waals surface area contributed by atoms with Gasteiger partial charge in [0.2, 0.25) is 0 Å². The van der Waals surface area contributed by atoms with Crippen molar-refractivity contribution < 1.29 is 0 Å². The normalized spacial score (nSPS) is 7.00. The second kappa shape index (κ2) is 4.47. The number of rotatable bonds is 0. The Kier molecular flexibility index (Phi) is 4.27. The Morgan fingerprint density at radius 2 is 1.67 bits per heavy atom. The topological polar surface area (TPSA) is 0 Å². The average molecular weight is 227 g/mol. The van der Waals surface area contributed by atoms with Crippen LogP contribution in [0, 0.1) is 12.3 Å². The minimum atomic E-state index is 0. The molecule has 1 aromatic carbocycles. The Balaban J connectivity index is 0.000000640. The van der Waals surface area contributed by atoms with Gasteiger partial charge in [-0.3, -0.25) is 0 Å². The Morgan fingerprint density at radius 1 is 1.11 bits per heavy atom. The van der Waals surface area contributed by atoms with Crippen LogP contribution in [0.15, 0.2) is 30.3 Å². The summed E-state index contributed by atoms with van der Waals surface area (Å²) in [4.78, 5) is 0. The summed E-state index contributed by atoms with van der Waals surface area (Å²) in [5.41, 5.74) is 0.938. The zero-order chi connectivity index (χ0) is 5.82. The van der Waals surface area contributed by atoms with Gasteiger partial charge in [0.15, 0.2) is 0 Å². The van der Waals surface area contributed by atoms with E-state index >= 15 is 0 Å². The predicted octanol–water partition coefficient (Wildman–Crippen LogP) is 0.484. The van der Waals surface area contributed by atoms with Crippen molar-refractivity contribution in [1.29, 1.82) is 0 Å². The van der Waals surface area contributed by atoms with E-state index in [9.17, 15) is 0 Å². The number of hydrogen-bond donors (Lipinski definition) is 0. The zero-order valence-corrected chi connectivity index (χ0v) is 9.21. The molecule has 0 aliphatic rings.